The molecule has 3 aromatic carbocycles. The van der Waals surface area contributed by atoms with Gasteiger partial charge in [-0.05, 0) is 72.3 Å². The molecule has 0 bridgehead atoms. The van der Waals surface area contributed by atoms with Gasteiger partial charge in [-0.15, -0.1) is 0 Å². The molecular formula is C29H24FN5OS2. The van der Waals surface area contributed by atoms with E-state index < -0.39 is 0 Å². The number of benzene rings is 3. The van der Waals surface area contributed by atoms with Gasteiger partial charge in [0.15, 0.2) is 5.17 Å². The Morgan fingerprint density at radius 2 is 1.84 bits per heavy atom. The number of nitriles is 1. The molecule has 6 nitrogen and oxygen atoms in total. The molecule has 0 aliphatic carbocycles. The number of amidine groups is 1. The van der Waals surface area contributed by atoms with Crippen LogP contribution in [0.3, 0.4) is 0 Å². The normalized spacial score (nSPS) is 18.2. The molecule has 1 N–H and O–H groups in total. The summed E-state index contributed by atoms with van der Waals surface area (Å²) < 4.78 is 13.5. The lowest BCUT2D eigenvalue weighted by Crippen LogP contribution is -2.29. The van der Waals surface area contributed by atoms with Gasteiger partial charge in [0.1, 0.15) is 10.7 Å². The maximum absolute atomic E-state index is 13.9. The summed E-state index contributed by atoms with van der Waals surface area (Å²) in [5, 5.41) is 16.0. The van der Waals surface area contributed by atoms with E-state index in [9.17, 15) is 14.4 Å². The molecule has 1 saturated heterocycles. The second-order valence-corrected chi connectivity index (χ2v) is 10.4. The highest BCUT2D eigenvalue weighted by molar-refractivity contribution is 8.19. The van der Waals surface area contributed by atoms with Crippen LogP contribution in [0, 0.1) is 17.1 Å². The fourth-order valence-electron chi connectivity index (χ4n) is 4.13. The van der Waals surface area contributed by atoms with Crippen LogP contribution in [0.1, 0.15) is 23.6 Å². The molecule has 0 aromatic heterocycles. The van der Waals surface area contributed by atoms with E-state index in [1.165, 1.54) is 35.7 Å². The van der Waals surface area contributed by atoms with Crippen molar-refractivity contribution in [1.82, 2.24) is 9.80 Å². The van der Waals surface area contributed by atoms with Crippen LogP contribution in [0.25, 0.3) is 5.70 Å². The first-order chi connectivity index (χ1) is 18.5. The van der Waals surface area contributed by atoms with Crippen molar-refractivity contribution in [3.63, 3.8) is 0 Å². The number of anilines is 1. The number of thioether (sulfide) groups is 2. The topological polar surface area (TPSA) is 71.7 Å². The van der Waals surface area contributed by atoms with Crippen molar-refractivity contribution < 1.29 is 9.18 Å². The first-order valence-electron chi connectivity index (χ1n) is 12.0. The highest BCUT2D eigenvalue weighted by Gasteiger charge is 2.38. The fourth-order valence-corrected chi connectivity index (χ4v) is 6.37. The SMILES string of the molecule is CCNc1ccc(C#N)cc1N=C1SC(=C2SC=C(c3ccc(F)cc3)N2C)C(=O)N1Cc1ccccc1. The van der Waals surface area contributed by atoms with Crippen LogP contribution in [0.2, 0.25) is 0 Å². The van der Waals surface area contributed by atoms with Crippen LogP contribution in [0.15, 0.2) is 93.1 Å². The van der Waals surface area contributed by atoms with Crippen molar-refractivity contribution in [2.45, 2.75) is 13.5 Å². The second-order valence-electron chi connectivity index (χ2n) is 8.57. The number of carbonyl (C=O) groups excluding carboxylic acids is 1. The van der Waals surface area contributed by atoms with Crippen LogP contribution < -0.4 is 5.32 Å². The smallest absolute Gasteiger partial charge is 0.269 e. The van der Waals surface area contributed by atoms with Gasteiger partial charge in [-0.2, -0.15) is 5.26 Å². The lowest BCUT2D eigenvalue weighted by molar-refractivity contribution is -0.122. The van der Waals surface area contributed by atoms with Gasteiger partial charge in [-0.3, -0.25) is 9.69 Å². The van der Waals surface area contributed by atoms with Crippen molar-refractivity contribution in [1.29, 1.82) is 5.26 Å². The molecule has 0 spiro atoms. The standard InChI is InChI=1S/C29H24FN5OS2/c1-3-32-23-14-9-20(16-31)15-24(23)33-29-35(17-19-7-5-4-6-8-19)27(36)26(38-29)28-34(2)25(18-37-28)21-10-12-22(30)13-11-21/h4-15,18,32H,3,17H2,1-2H3. The van der Waals surface area contributed by atoms with Gasteiger partial charge in [0, 0.05) is 19.0 Å². The van der Waals surface area contributed by atoms with Gasteiger partial charge < -0.3 is 10.2 Å². The Hall–Kier alpha value is -4.00. The number of carbonyl (C=O) groups is 1. The Morgan fingerprint density at radius 1 is 1.08 bits per heavy atom. The minimum absolute atomic E-state index is 0.137. The summed E-state index contributed by atoms with van der Waals surface area (Å²) in [5.41, 5.74) is 4.63. The quantitative estimate of drug-likeness (QED) is 0.349. The van der Waals surface area contributed by atoms with Gasteiger partial charge in [0.05, 0.1) is 40.3 Å². The van der Waals surface area contributed by atoms with Crippen molar-refractivity contribution in [2.75, 3.05) is 18.9 Å². The van der Waals surface area contributed by atoms with Crippen LogP contribution in [-0.4, -0.2) is 34.5 Å². The maximum Gasteiger partial charge on any atom is 0.269 e. The van der Waals surface area contributed by atoms with E-state index >= 15 is 0 Å². The zero-order valence-corrected chi connectivity index (χ0v) is 22.4. The van der Waals surface area contributed by atoms with Gasteiger partial charge in [-0.25, -0.2) is 9.38 Å². The van der Waals surface area contributed by atoms with Crippen LogP contribution in [-0.2, 0) is 11.3 Å². The van der Waals surface area contributed by atoms with E-state index in [-0.39, 0.29) is 11.7 Å². The lowest BCUT2D eigenvalue weighted by Gasteiger charge is -2.19. The van der Waals surface area contributed by atoms with Crippen LogP contribution >= 0.6 is 23.5 Å². The number of nitrogens with one attached hydrogen (secondary N) is 1. The second kappa shape index (κ2) is 11.2. The summed E-state index contributed by atoms with van der Waals surface area (Å²) in [7, 11) is 1.90. The summed E-state index contributed by atoms with van der Waals surface area (Å²) in [4.78, 5) is 23.0. The van der Waals surface area contributed by atoms with Crippen molar-refractivity contribution in [2.24, 2.45) is 4.99 Å². The molecule has 38 heavy (non-hydrogen) atoms. The molecular weight excluding hydrogens is 517 g/mol. The van der Waals surface area contributed by atoms with E-state index in [1.807, 2.05) is 60.7 Å². The Kier molecular flexibility index (Phi) is 7.54. The molecule has 0 unspecified atom stereocenters. The molecule has 2 heterocycles. The summed E-state index contributed by atoms with van der Waals surface area (Å²) in [6.45, 7) is 3.05. The number of hydrogen-bond donors (Lipinski definition) is 1. The van der Waals surface area contributed by atoms with Crippen LogP contribution in [0.4, 0.5) is 15.8 Å². The monoisotopic (exact) mass is 541 g/mol. The van der Waals surface area contributed by atoms with Gasteiger partial charge in [0.2, 0.25) is 0 Å². The van der Waals surface area contributed by atoms with Gasteiger partial charge in [0.25, 0.3) is 5.91 Å². The van der Waals surface area contributed by atoms with E-state index in [4.69, 9.17) is 4.99 Å². The molecule has 1 amide bonds. The molecule has 0 saturated carbocycles. The summed E-state index contributed by atoms with van der Waals surface area (Å²) in [6.07, 6.45) is 0. The van der Waals surface area contributed by atoms with Crippen molar-refractivity contribution >= 4 is 51.7 Å². The molecule has 190 valence electrons. The Morgan fingerprint density at radius 3 is 2.55 bits per heavy atom. The molecule has 2 aliphatic heterocycles. The highest BCUT2D eigenvalue weighted by atomic mass is 32.2. The predicted octanol–water partition coefficient (Wildman–Crippen LogP) is 6.74. The van der Waals surface area contributed by atoms with E-state index in [1.54, 1.807) is 29.2 Å². The molecule has 1 fully saturated rings. The summed E-state index contributed by atoms with van der Waals surface area (Å²) in [6, 6.07) is 23.6. The molecule has 5 rings (SSSR count). The predicted molar refractivity (Wildman–Crippen MR) is 154 cm³/mol. The maximum atomic E-state index is 13.9. The number of nitrogens with zero attached hydrogens (tertiary/aromatic N) is 4. The summed E-state index contributed by atoms with van der Waals surface area (Å²) >= 11 is 2.79. The van der Waals surface area contributed by atoms with E-state index in [2.05, 4.69) is 11.4 Å². The third kappa shape index (κ3) is 5.19. The number of rotatable bonds is 6. The fraction of sp³-hybridized carbons (Fsp3) is 0.138. The zero-order chi connectivity index (χ0) is 26.6. The number of hydrogen-bond acceptors (Lipinski definition) is 7. The molecule has 0 radical (unpaired) electrons. The number of amides is 1. The largest absolute Gasteiger partial charge is 0.384 e. The molecule has 9 heteroatoms. The van der Waals surface area contributed by atoms with E-state index in [0.29, 0.717) is 34.4 Å². The van der Waals surface area contributed by atoms with Gasteiger partial charge in [-0.1, -0.05) is 42.1 Å². The molecule has 3 aromatic rings. The zero-order valence-electron chi connectivity index (χ0n) is 20.8. The Labute approximate surface area is 229 Å². The van der Waals surface area contributed by atoms with Crippen molar-refractivity contribution in [3.8, 4) is 6.07 Å². The minimum atomic E-state index is -0.294. The first kappa shape index (κ1) is 25.6. The van der Waals surface area contributed by atoms with Crippen molar-refractivity contribution in [3.05, 3.63) is 111 Å². The first-order valence-corrected chi connectivity index (χ1v) is 13.7. The Balaban J connectivity index is 1.55. The van der Waals surface area contributed by atoms with Gasteiger partial charge >= 0.3 is 0 Å². The third-order valence-electron chi connectivity index (χ3n) is 6.04. The minimum Gasteiger partial charge on any atom is -0.384 e. The summed E-state index contributed by atoms with van der Waals surface area (Å²) in [5.74, 6) is -0.431. The average Bonchev–Trinajstić information content (AvgIpc) is 3.45. The average molecular weight is 542 g/mol. The number of halogens is 1. The highest BCUT2D eigenvalue weighted by Crippen LogP contribution is 2.46. The number of aliphatic imine (C=N–C) groups is 1. The lowest BCUT2D eigenvalue weighted by atomic mass is 10.1. The Bertz CT molecular complexity index is 1510. The molecule has 0 atom stereocenters. The third-order valence-corrected chi connectivity index (χ3v) is 8.28. The van der Waals surface area contributed by atoms with Crippen LogP contribution in [0.5, 0.6) is 0 Å². The van der Waals surface area contributed by atoms with E-state index in [0.717, 1.165) is 27.5 Å². The molecule has 2 aliphatic rings.